The first kappa shape index (κ1) is 20.5. The maximum atomic E-state index is 12.5. The van der Waals surface area contributed by atoms with E-state index in [0.29, 0.717) is 36.2 Å². The quantitative estimate of drug-likeness (QED) is 0.545. The van der Waals surface area contributed by atoms with E-state index in [1.165, 1.54) is 6.08 Å². The third kappa shape index (κ3) is 4.40. The van der Waals surface area contributed by atoms with Crippen molar-refractivity contribution < 1.29 is 23.7 Å². The summed E-state index contributed by atoms with van der Waals surface area (Å²) in [7, 11) is 4.66. The maximum absolute atomic E-state index is 12.5. The Labute approximate surface area is 180 Å². The summed E-state index contributed by atoms with van der Waals surface area (Å²) in [6.07, 6.45) is 3.20. The molecular weight excluding hydrogens is 396 g/mol. The van der Waals surface area contributed by atoms with Gasteiger partial charge in [-0.15, -0.1) is 0 Å². The Balaban J connectivity index is 1.35. The Hall–Kier alpha value is -3.74. The molecule has 160 valence electrons. The molecule has 1 amide bonds. The molecule has 1 aliphatic rings. The third-order valence-corrected chi connectivity index (χ3v) is 5.13. The zero-order valence-electron chi connectivity index (χ0n) is 17.7. The Morgan fingerprint density at radius 2 is 1.71 bits per heavy atom. The Kier molecular flexibility index (Phi) is 5.93. The highest BCUT2D eigenvalue weighted by atomic mass is 16.5. The molecule has 2 aromatic carbocycles. The molecule has 1 saturated heterocycles. The van der Waals surface area contributed by atoms with Gasteiger partial charge >= 0.3 is 0 Å². The first-order chi connectivity index (χ1) is 15.1. The summed E-state index contributed by atoms with van der Waals surface area (Å²) in [6, 6.07) is 15.3. The lowest BCUT2D eigenvalue weighted by Crippen LogP contribution is -2.55. The molecule has 3 aromatic rings. The van der Waals surface area contributed by atoms with E-state index in [2.05, 4.69) is 4.98 Å². The molecule has 0 unspecified atom stereocenters. The van der Waals surface area contributed by atoms with Crippen molar-refractivity contribution in [3.8, 4) is 23.1 Å². The van der Waals surface area contributed by atoms with Crippen molar-refractivity contribution in [3.63, 3.8) is 0 Å². The van der Waals surface area contributed by atoms with E-state index >= 15 is 0 Å². The zero-order valence-corrected chi connectivity index (χ0v) is 17.7. The number of fused-ring (bicyclic) bond motifs is 1. The van der Waals surface area contributed by atoms with Crippen LogP contribution in [-0.2, 0) is 4.79 Å². The number of aromatic nitrogens is 1. The molecule has 0 atom stereocenters. The fraction of sp³-hybridized carbons (Fsp3) is 0.250. The van der Waals surface area contributed by atoms with Crippen LogP contribution in [0.1, 0.15) is 5.56 Å². The van der Waals surface area contributed by atoms with Crippen LogP contribution in [0.3, 0.4) is 0 Å². The molecule has 1 fully saturated rings. The summed E-state index contributed by atoms with van der Waals surface area (Å²) in [6.45, 7) is 1.04. The normalized spacial score (nSPS) is 13.8. The molecule has 0 radical (unpaired) electrons. The molecular formula is C24H24N2O5. The van der Waals surface area contributed by atoms with E-state index in [1.807, 2.05) is 36.4 Å². The number of amides is 1. The van der Waals surface area contributed by atoms with Crippen molar-refractivity contribution in [3.05, 3.63) is 60.2 Å². The second-order valence-electron chi connectivity index (χ2n) is 7.12. The first-order valence-corrected chi connectivity index (χ1v) is 9.90. The van der Waals surface area contributed by atoms with Crippen molar-refractivity contribution in [1.29, 1.82) is 0 Å². The lowest BCUT2D eigenvalue weighted by molar-refractivity contribution is -0.134. The molecule has 0 saturated carbocycles. The molecule has 31 heavy (non-hydrogen) atoms. The van der Waals surface area contributed by atoms with Crippen LogP contribution in [0.25, 0.3) is 17.0 Å². The van der Waals surface area contributed by atoms with Gasteiger partial charge < -0.3 is 23.8 Å². The highest BCUT2D eigenvalue weighted by Gasteiger charge is 2.31. The summed E-state index contributed by atoms with van der Waals surface area (Å²) in [5.74, 6) is 2.07. The van der Waals surface area contributed by atoms with Gasteiger partial charge in [-0.2, -0.15) is 0 Å². The van der Waals surface area contributed by atoms with Gasteiger partial charge in [-0.25, -0.2) is 4.98 Å². The number of hydrogen-bond donors (Lipinski definition) is 0. The topological polar surface area (TPSA) is 70.1 Å². The molecule has 1 aliphatic heterocycles. The number of nitrogens with zero attached hydrogens (tertiary/aromatic N) is 2. The van der Waals surface area contributed by atoms with Gasteiger partial charge in [0.05, 0.1) is 39.9 Å². The minimum absolute atomic E-state index is 0.0628. The summed E-state index contributed by atoms with van der Waals surface area (Å²) in [4.78, 5) is 18.7. The molecule has 0 aliphatic carbocycles. The standard InChI is InChI=1S/C24H24N2O5/c1-28-20-12-16(13-21(29-2)24(20)30-3)8-11-23(27)26-14-18(15-26)31-22-10-9-17-6-4-5-7-19(17)25-22/h4-13,18H,14-15H2,1-3H3/b11-8+. The minimum Gasteiger partial charge on any atom is -0.493 e. The second-order valence-corrected chi connectivity index (χ2v) is 7.12. The molecule has 1 aromatic heterocycles. The smallest absolute Gasteiger partial charge is 0.246 e. The number of rotatable bonds is 7. The van der Waals surface area contributed by atoms with Crippen LogP contribution in [0.2, 0.25) is 0 Å². The predicted molar refractivity (Wildman–Crippen MR) is 118 cm³/mol. The van der Waals surface area contributed by atoms with E-state index in [0.717, 1.165) is 16.5 Å². The highest BCUT2D eigenvalue weighted by Crippen LogP contribution is 2.38. The zero-order chi connectivity index (χ0) is 21.8. The van der Waals surface area contributed by atoms with Crippen LogP contribution >= 0.6 is 0 Å². The van der Waals surface area contributed by atoms with Gasteiger partial charge in [-0.3, -0.25) is 4.79 Å². The Morgan fingerprint density at radius 3 is 2.39 bits per heavy atom. The lowest BCUT2D eigenvalue weighted by Gasteiger charge is -2.38. The molecule has 4 rings (SSSR count). The Bertz CT molecular complexity index is 1100. The van der Waals surface area contributed by atoms with E-state index in [1.54, 1.807) is 44.4 Å². The van der Waals surface area contributed by atoms with E-state index < -0.39 is 0 Å². The molecule has 7 heteroatoms. The number of pyridine rings is 1. The fourth-order valence-electron chi connectivity index (χ4n) is 3.45. The van der Waals surface area contributed by atoms with Crippen molar-refractivity contribution in [1.82, 2.24) is 9.88 Å². The van der Waals surface area contributed by atoms with Crippen molar-refractivity contribution in [2.24, 2.45) is 0 Å². The molecule has 2 heterocycles. The molecule has 0 bridgehead atoms. The summed E-state index contributed by atoms with van der Waals surface area (Å²) < 4.78 is 21.9. The van der Waals surface area contributed by atoms with Gasteiger partial charge in [0, 0.05) is 17.5 Å². The fourth-order valence-corrected chi connectivity index (χ4v) is 3.45. The number of hydrogen-bond acceptors (Lipinski definition) is 6. The monoisotopic (exact) mass is 420 g/mol. The number of likely N-dealkylation sites (tertiary alicyclic amines) is 1. The average Bonchev–Trinajstić information content (AvgIpc) is 2.78. The number of methoxy groups -OCH3 is 3. The molecule has 7 nitrogen and oxygen atoms in total. The van der Waals surface area contributed by atoms with Gasteiger partial charge in [0.25, 0.3) is 0 Å². The highest BCUT2D eigenvalue weighted by molar-refractivity contribution is 5.92. The van der Waals surface area contributed by atoms with Gasteiger partial charge in [0.15, 0.2) is 11.5 Å². The first-order valence-electron chi connectivity index (χ1n) is 9.90. The number of ether oxygens (including phenoxy) is 4. The van der Waals surface area contributed by atoms with Gasteiger partial charge in [0.2, 0.25) is 17.5 Å². The van der Waals surface area contributed by atoms with Crippen LogP contribution in [-0.4, -0.2) is 56.3 Å². The Morgan fingerprint density at radius 1 is 1.00 bits per heavy atom. The predicted octanol–water partition coefficient (Wildman–Crippen LogP) is 3.56. The summed E-state index contributed by atoms with van der Waals surface area (Å²) in [5.41, 5.74) is 1.66. The van der Waals surface area contributed by atoms with E-state index in [-0.39, 0.29) is 12.0 Å². The largest absolute Gasteiger partial charge is 0.493 e. The summed E-state index contributed by atoms with van der Waals surface area (Å²) in [5, 5.41) is 1.07. The third-order valence-electron chi connectivity index (χ3n) is 5.13. The van der Waals surface area contributed by atoms with Crippen LogP contribution in [0.4, 0.5) is 0 Å². The summed E-state index contributed by atoms with van der Waals surface area (Å²) >= 11 is 0. The van der Waals surface area contributed by atoms with Crippen LogP contribution in [0.5, 0.6) is 23.1 Å². The SMILES string of the molecule is COc1cc(/C=C/C(=O)N2CC(Oc3ccc4ccccc4n3)C2)cc(OC)c1OC. The van der Waals surface area contributed by atoms with Crippen LogP contribution < -0.4 is 18.9 Å². The minimum atomic E-state index is -0.0833. The average molecular weight is 420 g/mol. The van der Waals surface area contributed by atoms with Crippen molar-refractivity contribution >= 4 is 22.9 Å². The lowest BCUT2D eigenvalue weighted by atomic mass is 10.1. The van der Waals surface area contributed by atoms with Gasteiger partial charge in [-0.05, 0) is 35.9 Å². The van der Waals surface area contributed by atoms with Crippen molar-refractivity contribution in [2.75, 3.05) is 34.4 Å². The van der Waals surface area contributed by atoms with E-state index in [4.69, 9.17) is 18.9 Å². The second kappa shape index (κ2) is 8.95. The maximum Gasteiger partial charge on any atom is 0.246 e. The van der Waals surface area contributed by atoms with Crippen LogP contribution in [0, 0.1) is 0 Å². The number of carbonyl (C=O) groups is 1. The van der Waals surface area contributed by atoms with E-state index in [9.17, 15) is 4.79 Å². The van der Waals surface area contributed by atoms with Crippen molar-refractivity contribution in [2.45, 2.75) is 6.10 Å². The number of carbonyl (C=O) groups excluding carboxylic acids is 1. The molecule has 0 N–H and O–H groups in total. The van der Waals surface area contributed by atoms with Gasteiger partial charge in [-0.1, -0.05) is 18.2 Å². The number of para-hydroxylation sites is 1. The number of benzene rings is 2. The van der Waals surface area contributed by atoms with Gasteiger partial charge in [0.1, 0.15) is 6.10 Å². The van der Waals surface area contributed by atoms with Crippen LogP contribution in [0.15, 0.2) is 54.6 Å². The molecule has 0 spiro atoms.